The van der Waals surface area contributed by atoms with Crippen LogP contribution in [0.5, 0.6) is 5.75 Å². The fourth-order valence-corrected chi connectivity index (χ4v) is 4.48. The summed E-state index contributed by atoms with van der Waals surface area (Å²) in [6, 6.07) is 26.8. The number of oxazole rings is 1. The number of hydrogen-bond donors (Lipinski definition) is 1. The van der Waals surface area contributed by atoms with Crippen molar-refractivity contribution in [1.82, 2.24) is 9.88 Å². The van der Waals surface area contributed by atoms with E-state index in [0.717, 1.165) is 22.4 Å². The number of hydrogen-bond acceptors (Lipinski definition) is 7. The topological polar surface area (TPSA) is 98.9 Å². The number of aromatic nitrogens is 1. The van der Waals surface area contributed by atoms with Crippen LogP contribution in [-0.2, 0) is 11.3 Å². The molecule has 2 heterocycles. The summed E-state index contributed by atoms with van der Waals surface area (Å²) >= 11 is 0. The largest absolute Gasteiger partial charge is 1.00 e. The van der Waals surface area contributed by atoms with E-state index in [0.29, 0.717) is 36.9 Å². The van der Waals surface area contributed by atoms with Crippen LogP contribution >= 0.6 is 0 Å². The minimum absolute atomic E-state index is 0. The van der Waals surface area contributed by atoms with Crippen LogP contribution in [0.2, 0.25) is 0 Å². The molecule has 1 aliphatic rings. The summed E-state index contributed by atoms with van der Waals surface area (Å²) in [5.41, 5.74) is 3.60. The predicted octanol–water partition coefficient (Wildman–Crippen LogP) is 0.449. The van der Waals surface area contributed by atoms with Gasteiger partial charge in [0.25, 0.3) is 0 Å². The molecule has 1 N–H and O–H groups in total. The van der Waals surface area contributed by atoms with Crippen LogP contribution in [0, 0.1) is 0 Å². The molecule has 4 aromatic rings. The molecule has 0 unspecified atom stereocenters. The van der Waals surface area contributed by atoms with Gasteiger partial charge in [0.05, 0.1) is 18.1 Å². The molecule has 1 aliphatic heterocycles. The third-order valence-electron chi connectivity index (χ3n) is 6.03. The average Bonchev–Trinajstić information content (AvgIpc) is 3.48. The number of aliphatic carboxylic acids is 1. The molecule has 7 nitrogen and oxygen atoms in total. The molecular formula is C28H25N2NaO5. The summed E-state index contributed by atoms with van der Waals surface area (Å²) in [6.07, 6.45) is -0.00566. The Morgan fingerprint density at radius 2 is 1.72 bits per heavy atom. The zero-order chi connectivity index (χ0) is 24.2. The van der Waals surface area contributed by atoms with Crippen molar-refractivity contribution in [1.29, 1.82) is 0 Å². The van der Waals surface area contributed by atoms with E-state index in [2.05, 4.69) is 4.90 Å². The van der Waals surface area contributed by atoms with E-state index in [1.807, 2.05) is 72.8 Å². The molecule has 0 radical (unpaired) electrons. The zero-order valence-electron chi connectivity index (χ0n) is 20.0. The number of aliphatic hydroxyl groups excluding tert-OH is 1. The van der Waals surface area contributed by atoms with E-state index in [9.17, 15) is 15.0 Å². The van der Waals surface area contributed by atoms with Crippen LogP contribution in [0.3, 0.4) is 0 Å². The van der Waals surface area contributed by atoms with Gasteiger partial charge in [0, 0.05) is 24.2 Å². The Balaban J connectivity index is 0.00000304. The summed E-state index contributed by atoms with van der Waals surface area (Å²) in [5, 5.41) is 21.2. The Labute approximate surface area is 231 Å². The second-order valence-corrected chi connectivity index (χ2v) is 8.60. The van der Waals surface area contributed by atoms with Crippen molar-refractivity contribution in [3.05, 3.63) is 96.4 Å². The number of rotatable bonds is 8. The summed E-state index contributed by atoms with van der Waals surface area (Å²) in [4.78, 5) is 17.8. The van der Waals surface area contributed by atoms with Gasteiger partial charge in [0.2, 0.25) is 5.89 Å². The quantitative estimate of drug-likeness (QED) is 0.357. The SMILES string of the molecule is O=C([O-])COc1cccc(CN2C[C@H](O)C[C@H]2c2nc(-c3ccccc3)c(-c3ccccc3)o2)c1.[Na+]. The smallest absolute Gasteiger partial charge is 0.546 e. The molecular weight excluding hydrogens is 467 g/mol. The van der Waals surface area contributed by atoms with Gasteiger partial charge < -0.3 is 24.2 Å². The molecule has 0 aliphatic carbocycles. The maximum absolute atomic E-state index is 10.7. The van der Waals surface area contributed by atoms with Gasteiger partial charge >= 0.3 is 29.6 Å². The Bertz CT molecular complexity index is 1240. The fourth-order valence-electron chi connectivity index (χ4n) is 4.48. The van der Waals surface area contributed by atoms with E-state index in [4.69, 9.17) is 14.1 Å². The minimum Gasteiger partial charge on any atom is -0.546 e. The molecule has 0 bridgehead atoms. The predicted molar refractivity (Wildman–Crippen MR) is 128 cm³/mol. The van der Waals surface area contributed by atoms with Crippen LogP contribution in [0.25, 0.3) is 22.6 Å². The molecule has 3 aromatic carbocycles. The number of nitrogens with zero attached hydrogens (tertiary/aromatic N) is 2. The number of ether oxygens (including phenoxy) is 1. The van der Waals surface area contributed by atoms with E-state index < -0.39 is 18.7 Å². The Morgan fingerprint density at radius 1 is 1.03 bits per heavy atom. The summed E-state index contributed by atoms with van der Waals surface area (Å²) in [6.45, 7) is 0.488. The average molecular weight is 493 g/mol. The molecule has 1 saturated heterocycles. The number of carbonyl (C=O) groups excluding carboxylic acids is 1. The van der Waals surface area contributed by atoms with Crippen LogP contribution in [0.15, 0.2) is 89.3 Å². The van der Waals surface area contributed by atoms with Crippen molar-refractivity contribution in [2.45, 2.75) is 25.1 Å². The normalized spacial score (nSPS) is 17.5. The third-order valence-corrected chi connectivity index (χ3v) is 6.03. The first kappa shape index (κ1) is 26.1. The van der Waals surface area contributed by atoms with Crippen molar-refractivity contribution in [3.8, 4) is 28.3 Å². The minimum atomic E-state index is -1.27. The van der Waals surface area contributed by atoms with Crippen LogP contribution < -0.4 is 39.4 Å². The van der Waals surface area contributed by atoms with Gasteiger partial charge in [0.15, 0.2) is 5.76 Å². The molecule has 1 fully saturated rings. The number of aliphatic hydroxyl groups is 1. The van der Waals surface area contributed by atoms with Crippen molar-refractivity contribution in [2.75, 3.05) is 13.2 Å². The van der Waals surface area contributed by atoms with Crippen molar-refractivity contribution in [2.24, 2.45) is 0 Å². The van der Waals surface area contributed by atoms with Gasteiger partial charge in [-0.3, -0.25) is 4.90 Å². The van der Waals surface area contributed by atoms with Crippen LogP contribution in [0.1, 0.15) is 23.9 Å². The first-order valence-electron chi connectivity index (χ1n) is 11.5. The summed E-state index contributed by atoms with van der Waals surface area (Å²) in [5.74, 6) is 0.441. The van der Waals surface area contributed by atoms with E-state index >= 15 is 0 Å². The molecule has 8 heteroatoms. The first-order chi connectivity index (χ1) is 17.1. The fraction of sp³-hybridized carbons (Fsp3) is 0.214. The maximum Gasteiger partial charge on any atom is 1.00 e. The maximum atomic E-state index is 10.7. The molecule has 1 aromatic heterocycles. The van der Waals surface area contributed by atoms with Gasteiger partial charge in [-0.25, -0.2) is 4.98 Å². The Morgan fingerprint density at radius 3 is 2.42 bits per heavy atom. The van der Waals surface area contributed by atoms with Crippen LogP contribution in [0.4, 0.5) is 0 Å². The molecule has 0 spiro atoms. The number of benzene rings is 3. The van der Waals surface area contributed by atoms with E-state index in [1.165, 1.54) is 0 Å². The van der Waals surface area contributed by atoms with Crippen molar-refractivity contribution in [3.63, 3.8) is 0 Å². The van der Waals surface area contributed by atoms with Crippen LogP contribution in [-0.4, -0.2) is 40.2 Å². The Kier molecular flexibility index (Phi) is 8.61. The van der Waals surface area contributed by atoms with Gasteiger partial charge in [-0.1, -0.05) is 72.8 Å². The molecule has 0 amide bonds. The number of likely N-dealkylation sites (tertiary alicyclic amines) is 1. The monoisotopic (exact) mass is 492 g/mol. The number of carbonyl (C=O) groups is 1. The van der Waals surface area contributed by atoms with Gasteiger partial charge in [-0.2, -0.15) is 0 Å². The van der Waals surface area contributed by atoms with E-state index in [-0.39, 0.29) is 35.6 Å². The van der Waals surface area contributed by atoms with Gasteiger partial charge in [-0.05, 0) is 24.1 Å². The molecule has 2 atom stereocenters. The molecule has 5 rings (SSSR count). The van der Waals surface area contributed by atoms with Gasteiger partial charge in [-0.15, -0.1) is 0 Å². The third kappa shape index (κ3) is 6.06. The molecule has 36 heavy (non-hydrogen) atoms. The second-order valence-electron chi connectivity index (χ2n) is 8.60. The van der Waals surface area contributed by atoms with E-state index in [1.54, 1.807) is 12.1 Å². The number of β-amino-alcohol motifs (C(OH)–C–C–N with tert-alkyl or cyclic N) is 1. The van der Waals surface area contributed by atoms with Crippen molar-refractivity contribution >= 4 is 5.97 Å². The zero-order valence-corrected chi connectivity index (χ0v) is 22.0. The standard InChI is InChI=1S/C28H26N2O5.Na/c31-22-15-24(30(17-22)16-19-8-7-13-23(14-19)34-18-25(32)33)28-29-26(20-9-3-1-4-10-20)27(35-28)21-11-5-2-6-12-21;/h1-14,22,24,31H,15-18H2,(H,32,33);/q;+1/p-1/t22-,24+;/m1./s1. The number of carboxylic acids is 1. The summed E-state index contributed by atoms with van der Waals surface area (Å²) in [7, 11) is 0. The Hall–Kier alpha value is -2.94. The first-order valence-corrected chi connectivity index (χ1v) is 11.5. The van der Waals surface area contributed by atoms with Gasteiger partial charge in [0.1, 0.15) is 18.1 Å². The molecule has 178 valence electrons. The van der Waals surface area contributed by atoms with Crippen molar-refractivity contribution < 1.29 is 53.7 Å². The summed E-state index contributed by atoms with van der Waals surface area (Å²) < 4.78 is 11.6. The molecule has 0 saturated carbocycles. The number of carboxylic acid groups (broad SMARTS) is 1. The second kappa shape index (κ2) is 11.9.